The van der Waals surface area contributed by atoms with Crippen molar-refractivity contribution in [2.75, 3.05) is 11.9 Å². The number of carbonyl (C=O) groups is 2. The summed E-state index contributed by atoms with van der Waals surface area (Å²) in [5.41, 5.74) is 1.35. The molecule has 2 rings (SSSR count). The average molecular weight is 347 g/mol. The van der Waals surface area contributed by atoms with Crippen LogP contribution in [0.15, 0.2) is 59.5 Å². The summed E-state index contributed by atoms with van der Waals surface area (Å²) in [5, 5.41) is 10.00. The van der Waals surface area contributed by atoms with E-state index in [1.54, 1.807) is 42.5 Å². The van der Waals surface area contributed by atoms with Crippen LogP contribution in [0.1, 0.15) is 5.56 Å². The Kier molecular flexibility index (Phi) is 5.67. The number of para-hydroxylation sites is 1. The van der Waals surface area contributed by atoms with Crippen LogP contribution in [0.5, 0.6) is 0 Å². The van der Waals surface area contributed by atoms with Gasteiger partial charge in [-0.1, -0.05) is 30.3 Å². The summed E-state index contributed by atoms with van der Waals surface area (Å²) in [6, 6.07) is 14.7. The van der Waals surface area contributed by atoms with Crippen molar-refractivity contribution >= 4 is 27.5 Å². The maximum Gasteiger partial charge on any atom is 0.313 e. The van der Waals surface area contributed by atoms with Crippen molar-refractivity contribution in [3.05, 3.63) is 60.2 Å². The van der Waals surface area contributed by atoms with E-state index in [9.17, 15) is 18.0 Å². The van der Waals surface area contributed by atoms with Crippen molar-refractivity contribution in [3.8, 4) is 0 Å². The summed E-state index contributed by atoms with van der Waals surface area (Å²) in [6.07, 6.45) is 0.454. The SMILES string of the molecule is NS(=O)(=O)c1ccc(CCNC(=O)C(=O)Nc2ccccc2)cc1. The number of benzene rings is 2. The molecular weight excluding hydrogens is 330 g/mol. The van der Waals surface area contributed by atoms with E-state index < -0.39 is 21.8 Å². The summed E-state index contributed by atoms with van der Waals surface area (Å²) in [5.74, 6) is -1.48. The molecule has 2 aromatic rings. The predicted molar refractivity (Wildman–Crippen MR) is 89.6 cm³/mol. The summed E-state index contributed by atoms with van der Waals surface area (Å²) >= 11 is 0. The van der Waals surface area contributed by atoms with E-state index in [1.807, 2.05) is 0 Å². The van der Waals surface area contributed by atoms with E-state index in [-0.39, 0.29) is 11.4 Å². The number of rotatable bonds is 5. The zero-order chi connectivity index (χ0) is 17.6. The first-order chi connectivity index (χ1) is 11.4. The number of hydrogen-bond donors (Lipinski definition) is 3. The highest BCUT2D eigenvalue weighted by Gasteiger charge is 2.13. The molecule has 0 saturated carbocycles. The van der Waals surface area contributed by atoms with E-state index in [0.717, 1.165) is 5.56 Å². The molecule has 4 N–H and O–H groups in total. The van der Waals surface area contributed by atoms with Gasteiger partial charge in [-0.3, -0.25) is 9.59 Å². The quantitative estimate of drug-likeness (QED) is 0.687. The molecular formula is C16H17N3O4S. The topological polar surface area (TPSA) is 118 Å². The van der Waals surface area contributed by atoms with Crippen LogP contribution in [0.4, 0.5) is 5.69 Å². The third-order valence-electron chi connectivity index (χ3n) is 3.19. The normalized spacial score (nSPS) is 10.9. The van der Waals surface area contributed by atoms with Gasteiger partial charge in [-0.25, -0.2) is 13.6 Å². The number of nitrogens with one attached hydrogen (secondary N) is 2. The van der Waals surface area contributed by atoms with Crippen LogP contribution in [0.25, 0.3) is 0 Å². The van der Waals surface area contributed by atoms with Crippen LogP contribution >= 0.6 is 0 Å². The fourth-order valence-electron chi connectivity index (χ4n) is 1.96. The molecule has 0 atom stereocenters. The number of hydrogen-bond acceptors (Lipinski definition) is 4. The highest BCUT2D eigenvalue weighted by molar-refractivity contribution is 7.89. The number of anilines is 1. The van der Waals surface area contributed by atoms with Crippen molar-refractivity contribution in [2.24, 2.45) is 5.14 Å². The molecule has 8 heteroatoms. The fourth-order valence-corrected chi connectivity index (χ4v) is 2.47. The largest absolute Gasteiger partial charge is 0.347 e. The van der Waals surface area contributed by atoms with E-state index in [1.165, 1.54) is 12.1 Å². The second-order valence-electron chi connectivity index (χ2n) is 5.02. The molecule has 0 spiro atoms. The van der Waals surface area contributed by atoms with Gasteiger partial charge in [0.25, 0.3) is 0 Å². The van der Waals surface area contributed by atoms with Crippen molar-refractivity contribution < 1.29 is 18.0 Å². The van der Waals surface area contributed by atoms with E-state index in [4.69, 9.17) is 5.14 Å². The van der Waals surface area contributed by atoms with Gasteiger partial charge in [0.05, 0.1) is 4.90 Å². The standard InChI is InChI=1S/C16H17N3O4S/c17-24(22,23)14-8-6-12(7-9-14)10-11-18-15(20)16(21)19-13-4-2-1-3-5-13/h1-9H,10-11H2,(H,18,20)(H,19,21)(H2,17,22,23). The lowest BCUT2D eigenvalue weighted by Gasteiger charge is -2.07. The van der Waals surface area contributed by atoms with Gasteiger partial charge in [0.1, 0.15) is 0 Å². The first kappa shape index (κ1) is 17.6. The average Bonchev–Trinajstić information content (AvgIpc) is 2.55. The van der Waals surface area contributed by atoms with Gasteiger partial charge in [-0.15, -0.1) is 0 Å². The smallest absolute Gasteiger partial charge is 0.313 e. The molecule has 0 aliphatic carbocycles. The molecule has 0 saturated heterocycles. The lowest BCUT2D eigenvalue weighted by molar-refractivity contribution is -0.136. The minimum atomic E-state index is -3.72. The Morgan fingerprint density at radius 2 is 1.54 bits per heavy atom. The fraction of sp³-hybridized carbons (Fsp3) is 0.125. The number of carbonyl (C=O) groups excluding carboxylic acids is 2. The predicted octanol–water partition coefficient (Wildman–Crippen LogP) is 0.631. The molecule has 0 heterocycles. The second-order valence-corrected chi connectivity index (χ2v) is 6.58. The lowest BCUT2D eigenvalue weighted by atomic mass is 10.1. The Bertz CT molecular complexity index is 818. The van der Waals surface area contributed by atoms with Crippen LogP contribution in [0.3, 0.4) is 0 Å². The first-order valence-electron chi connectivity index (χ1n) is 7.12. The summed E-state index contributed by atoms with van der Waals surface area (Å²) < 4.78 is 22.3. The number of nitrogens with two attached hydrogens (primary N) is 1. The lowest BCUT2D eigenvalue weighted by Crippen LogP contribution is -2.36. The molecule has 2 amide bonds. The monoisotopic (exact) mass is 347 g/mol. The molecule has 0 bridgehead atoms. The van der Waals surface area contributed by atoms with Crippen LogP contribution in [-0.4, -0.2) is 26.8 Å². The van der Waals surface area contributed by atoms with Crippen LogP contribution < -0.4 is 15.8 Å². The zero-order valence-corrected chi connectivity index (χ0v) is 13.5. The molecule has 0 fully saturated rings. The zero-order valence-electron chi connectivity index (χ0n) is 12.7. The first-order valence-corrected chi connectivity index (χ1v) is 8.67. The molecule has 0 aliphatic heterocycles. The second kappa shape index (κ2) is 7.71. The summed E-state index contributed by atoms with van der Waals surface area (Å²) in [7, 11) is -3.72. The summed E-state index contributed by atoms with van der Waals surface area (Å²) in [6.45, 7) is 0.246. The Balaban J connectivity index is 1.81. The van der Waals surface area contributed by atoms with Crippen LogP contribution in [0.2, 0.25) is 0 Å². The molecule has 7 nitrogen and oxygen atoms in total. The minimum absolute atomic E-state index is 0.0255. The van der Waals surface area contributed by atoms with Crippen LogP contribution in [0, 0.1) is 0 Å². The molecule has 0 aliphatic rings. The van der Waals surface area contributed by atoms with Gasteiger partial charge in [-0.2, -0.15) is 0 Å². The van der Waals surface area contributed by atoms with Crippen molar-refractivity contribution in [1.82, 2.24) is 5.32 Å². The van der Waals surface area contributed by atoms with Crippen molar-refractivity contribution in [3.63, 3.8) is 0 Å². The highest BCUT2D eigenvalue weighted by atomic mass is 32.2. The maximum atomic E-state index is 11.7. The minimum Gasteiger partial charge on any atom is -0.347 e. The Morgan fingerprint density at radius 3 is 2.12 bits per heavy atom. The van der Waals surface area contributed by atoms with Gasteiger partial charge in [0.2, 0.25) is 10.0 Å². The molecule has 126 valence electrons. The highest BCUT2D eigenvalue weighted by Crippen LogP contribution is 2.09. The maximum absolute atomic E-state index is 11.7. The van der Waals surface area contributed by atoms with Crippen molar-refractivity contribution in [2.45, 2.75) is 11.3 Å². The van der Waals surface area contributed by atoms with Gasteiger partial charge < -0.3 is 10.6 Å². The van der Waals surface area contributed by atoms with Gasteiger partial charge >= 0.3 is 11.8 Å². The molecule has 0 radical (unpaired) electrons. The van der Waals surface area contributed by atoms with Gasteiger partial charge in [0.15, 0.2) is 0 Å². The Hall–Kier alpha value is -2.71. The van der Waals surface area contributed by atoms with E-state index in [0.29, 0.717) is 12.1 Å². The van der Waals surface area contributed by atoms with E-state index >= 15 is 0 Å². The Morgan fingerprint density at radius 1 is 0.917 bits per heavy atom. The third-order valence-corrected chi connectivity index (χ3v) is 4.12. The summed E-state index contributed by atoms with van der Waals surface area (Å²) in [4.78, 5) is 23.4. The number of amides is 2. The number of primary sulfonamides is 1. The molecule has 24 heavy (non-hydrogen) atoms. The number of sulfonamides is 1. The van der Waals surface area contributed by atoms with Crippen LogP contribution in [-0.2, 0) is 26.0 Å². The molecule has 2 aromatic carbocycles. The Labute approximate surface area is 139 Å². The van der Waals surface area contributed by atoms with E-state index in [2.05, 4.69) is 10.6 Å². The molecule has 0 aromatic heterocycles. The van der Waals surface area contributed by atoms with Gasteiger partial charge in [0, 0.05) is 12.2 Å². The van der Waals surface area contributed by atoms with Gasteiger partial charge in [-0.05, 0) is 36.2 Å². The third kappa shape index (κ3) is 5.18. The van der Waals surface area contributed by atoms with Crippen molar-refractivity contribution in [1.29, 1.82) is 0 Å². The molecule has 0 unspecified atom stereocenters.